The van der Waals surface area contributed by atoms with E-state index >= 15 is 0 Å². The molecule has 0 radical (unpaired) electrons. The highest BCUT2D eigenvalue weighted by Crippen LogP contribution is 2.19. The number of hydrogen-bond acceptors (Lipinski definition) is 3. The fourth-order valence-corrected chi connectivity index (χ4v) is 2.88. The Bertz CT molecular complexity index is 268. The van der Waals surface area contributed by atoms with Gasteiger partial charge in [-0.3, -0.25) is 0 Å². The lowest BCUT2D eigenvalue weighted by molar-refractivity contribution is 0.107. The first-order valence-corrected chi connectivity index (χ1v) is 6.89. The van der Waals surface area contributed by atoms with Gasteiger partial charge in [-0.05, 0) is 13.3 Å². The van der Waals surface area contributed by atoms with Crippen LogP contribution in [-0.4, -0.2) is 39.3 Å². The summed E-state index contributed by atoms with van der Waals surface area (Å²) < 4.78 is 30.4. The summed E-state index contributed by atoms with van der Waals surface area (Å²) in [5, 5.41) is 0. The first kappa shape index (κ1) is 12.2. The summed E-state index contributed by atoms with van der Waals surface area (Å²) in [5.41, 5.74) is 0. The molecule has 0 aromatic heterocycles. The molecule has 1 heterocycles. The smallest absolute Gasteiger partial charge is 0.212 e. The average molecular weight is 242 g/mol. The number of nitrogens with one attached hydrogen (secondary N) is 1. The Kier molecular flexibility index (Phi) is 4.63. The molecule has 1 saturated heterocycles. The van der Waals surface area contributed by atoms with Gasteiger partial charge in [0, 0.05) is 24.9 Å². The van der Waals surface area contributed by atoms with Crippen molar-refractivity contribution in [2.45, 2.75) is 19.4 Å². The van der Waals surface area contributed by atoms with E-state index in [2.05, 4.69) is 4.72 Å². The molecule has 14 heavy (non-hydrogen) atoms. The molecule has 2 unspecified atom stereocenters. The van der Waals surface area contributed by atoms with Crippen LogP contribution in [0.3, 0.4) is 0 Å². The molecule has 4 nitrogen and oxygen atoms in total. The second-order valence-electron chi connectivity index (χ2n) is 3.48. The van der Waals surface area contributed by atoms with E-state index in [9.17, 15) is 8.42 Å². The van der Waals surface area contributed by atoms with Gasteiger partial charge in [0.15, 0.2) is 0 Å². The second kappa shape index (κ2) is 5.30. The predicted molar refractivity (Wildman–Crippen MR) is 56.0 cm³/mol. The fourth-order valence-electron chi connectivity index (χ4n) is 1.45. The molecule has 0 aromatic rings. The molecule has 1 rings (SSSR count). The monoisotopic (exact) mass is 241 g/mol. The van der Waals surface area contributed by atoms with Crippen LogP contribution >= 0.6 is 11.6 Å². The van der Waals surface area contributed by atoms with Crippen LogP contribution in [0, 0.1) is 5.92 Å². The van der Waals surface area contributed by atoms with Crippen molar-refractivity contribution in [3.8, 4) is 0 Å². The van der Waals surface area contributed by atoms with E-state index < -0.39 is 10.0 Å². The van der Waals surface area contributed by atoms with Gasteiger partial charge in [-0.1, -0.05) is 0 Å². The van der Waals surface area contributed by atoms with Crippen molar-refractivity contribution in [2.24, 2.45) is 5.92 Å². The first-order chi connectivity index (χ1) is 6.55. The summed E-state index contributed by atoms with van der Waals surface area (Å²) in [7, 11) is -3.18. The Morgan fingerprint density at radius 2 is 2.29 bits per heavy atom. The quantitative estimate of drug-likeness (QED) is 0.716. The SMILES string of the molecule is CC1OCCC1CNS(=O)(=O)CCCl. The Hall–Kier alpha value is 0.160. The van der Waals surface area contributed by atoms with Crippen molar-refractivity contribution in [3.05, 3.63) is 0 Å². The number of sulfonamides is 1. The van der Waals surface area contributed by atoms with Gasteiger partial charge in [0.1, 0.15) is 0 Å². The normalized spacial score (nSPS) is 28.1. The van der Waals surface area contributed by atoms with E-state index in [4.69, 9.17) is 16.3 Å². The van der Waals surface area contributed by atoms with Gasteiger partial charge in [-0.15, -0.1) is 11.6 Å². The largest absolute Gasteiger partial charge is 0.378 e. The minimum absolute atomic E-state index is 0.0173. The van der Waals surface area contributed by atoms with Crippen LogP contribution < -0.4 is 4.72 Å². The number of ether oxygens (including phenoxy) is 1. The van der Waals surface area contributed by atoms with Crippen molar-refractivity contribution in [2.75, 3.05) is 24.8 Å². The van der Waals surface area contributed by atoms with Crippen LogP contribution in [0.5, 0.6) is 0 Å². The van der Waals surface area contributed by atoms with Gasteiger partial charge in [0.2, 0.25) is 10.0 Å². The Morgan fingerprint density at radius 3 is 2.79 bits per heavy atom. The molecule has 1 fully saturated rings. The highest BCUT2D eigenvalue weighted by Gasteiger charge is 2.25. The molecule has 0 saturated carbocycles. The molecule has 0 spiro atoms. The molecule has 1 aliphatic heterocycles. The van der Waals surface area contributed by atoms with E-state index in [0.717, 1.165) is 13.0 Å². The van der Waals surface area contributed by atoms with E-state index in [1.807, 2.05) is 6.92 Å². The number of halogens is 1. The minimum Gasteiger partial charge on any atom is -0.378 e. The first-order valence-electron chi connectivity index (χ1n) is 4.70. The zero-order chi connectivity index (χ0) is 10.6. The van der Waals surface area contributed by atoms with Crippen LogP contribution in [0.1, 0.15) is 13.3 Å². The maximum Gasteiger partial charge on any atom is 0.212 e. The summed E-state index contributed by atoms with van der Waals surface area (Å²) in [5.74, 6) is 0.405. The summed E-state index contributed by atoms with van der Waals surface area (Å²) in [6.07, 6.45) is 1.07. The molecule has 0 aliphatic carbocycles. The van der Waals surface area contributed by atoms with E-state index in [-0.39, 0.29) is 17.7 Å². The maximum atomic E-state index is 11.3. The topological polar surface area (TPSA) is 55.4 Å². The number of alkyl halides is 1. The van der Waals surface area contributed by atoms with Crippen molar-refractivity contribution in [1.29, 1.82) is 0 Å². The Balaban J connectivity index is 2.32. The van der Waals surface area contributed by atoms with E-state index in [1.54, 1.807) is 0 Å². The average Bonchev–Trinajstić information content (AvgIpc) is 2.48. The van der Waals surface area contributed by atoms with Crippen molar-refractivity contribution in [1.82, 2.24) is 4.72 Å². The summed E-state index contributed by atoms with van der Waals surface area (Å²) >= 11 is 5.37. The van der Waals surface area contributed by atoms with Crippen LogP contribution in [0.4, 0.5) is 0 Å². The van der Waals surface area contributed by atoms with Crippen LogP contribution in [0.25, 0.3) is 0 Å². The lowest BCUT2D eigenvalue weighted by Crippen LogP contribution is -2.33. The number of rotatable bonds is 5. The standard InChI is InChI=1S/C8H16ClNO3S/c1-7-8(2-4-13-7)6-10-14(11,12)5-3-9/h7-8,10H,2-6H2,1H3. The van der Waals surface area contributed by atoms with Crippen molar-refractivity contribution >= 4 is 21.6 Å². The molecule has 0 amide bonds. The van der Waals surface area contributed by atoms with Gasteiger partial charge in [-0.25, -0.2) is 13.1 Å². The summed E-state index contributed by atoms with van der Waals surface area (Å²) in [4.78, 5) is 0. The minimum atomic E-state index is -3.18. The molecule has 2 atom stereocenters. The van der Waals surface area contributed by atoms with Crippen LogP contribution in [0.2, 0.25) is 0 Å². The van der Waals surface area contributed by atoms with Gasteiger partial charge >= 0.3 is 0 Å². The lowest BCUT2D eigenvalue weighted by atomic mass is 10.0. The lowest BCUT2D eigenvalue weighted by Gasteiger charge is -2.14. The van der Waals surface area contributed by atoms with Gasteiger partial charge < -0.3 is 4.74 Å². The van der Waals surface area contributed by atoms with Crippen LogP contribution in [-0.2, 0) is 14.8 Å². The molecule has 0 bridgehead atoms. The van der Waals surface area contributed by atoms with E-state index in [1.165, 1.54) is 0 Å². The van der Waals surface area contributed by atoms with E-state index in [0.29, 0.717) is 12.5 Å². The van der Waals surface area contributed by atoms with Crippen molar-refractivity contribution in [3.63, 3.8) is 0 Å². The molecule has 6 heteroatoms. The molecule has 84 valence electrons. The van der Waals surface area contributed by atoms with Gasteiger partial charge in [0.05, 0.1) is 11.9 Å². The third-order valence-electron chi connectivity index (χ3n) is 2.44. The molecular formula is C8H16ClNO3S. The molecule has 0 aromatic carbocycles. The predicted octanol–water partition coefficient (Wildman–Crippen LogP) is 0.570. The Labute approximate surface area is 90.0 Å². The third kappa shape index (κ3) is 3.73. The molecule has 1 N–H and O–H groups in total. The Morgan fingerprint density at radius 1 is 1.57 bits per heavy atom. The van der Waals surface area contributed by atoms with Crippen molar-refractivity contribution < 1.29 is 13.2 Å². The zero-order valence-corrected chi connectivity index (χ0v) is 9.77. The van der Waals surface area contributed by atoms with Gasteiger partial charge in [-0.2, -0.15) is 0 Å². The highest BCUT2D eigenvalue weighted by atomic mass is 35.5. The fraction of sp³-hybridized carbons (Fsp3) is 1.00. The van der Waals surface area contributed by atoms with Gasteiger partial charge in [0.25, 0.3) is 0 Å². The third-order valence-corrected chi connectivity index (χ3v) is 4.21. The maximum absolute atomic E-state index is 11.3. The molecular weight excluding hydrogens is 226 g/mol. The summed E-state index contributed by atoms with van der Waals surface area (Å²) in [6.45, 7) is 3.15. The molecule has 1 aliphatic rings. The van der Waals surface area contributed by atoms with Crippen LogP contribution in [0.15, 0.2) is 0 Å². The number of hydrogen-bond donors (Lipinski definition) is 1. The zero-order valence-electron chi connectivity index (χ0n) is 8.20. The summed E-state index contributed by atoms with van der Waals surface area (Å²) in [6, 6.07) is 0. The highest BCUT2D eigenvalue weighted by molar-refractivity contribution is 7.89. The second-order valence-corrected chi connectivity index (χ2v) is 5.79.